The van der Waals surface area contributed by atoms with E-state index in [4.69, 9.17) is 0 Å². The number of amides is 1. The van der Waals surface area contributed by atoms with Crippen LogP contribution in [0.2, 0.25) is 0 Å². The number of carbonyl (C=O) groups is 1. The van der Waals surface area contributed by atoms with E-state index in [0.29, 0.717) is 12.2 Å². The summed E-state index contributed by atoms with van der Waals surface area (Å²) in [5.41, 5.74) is 1.41. The first-order valence-electron chi connectivity index (χ1n) is 10.9. The topological polar surface area (TPSA) is 101 Å². The van der Waals surface area contributed by atoms with Gasteiger partial charge < -0.3 is 5.32 Å². The maximum Gasteiger partial charge on any atom is 0.280 e. The van der Waals surface area contributed by atoms with Crippen LogP contribution in [0.25, 0.3) is 5.69 Å². The van der Waals surface area contributed by atoms with E-state index < -0.39 is 21.4 Å². The van der Waals surface area contributed by atoms with Crippen LogP contribution < -0.4 is 10.7 Å². The fraction of sp³-hybridized carbons (Fsp3) is 0.292. The number of benzene rings is 2. The van der Waals surface area contributed by atoms with E-state index >= 15 is 0 Å². The fourth-order valence-electron chi connectivity index (χ4n) is 3.87. The highest BCUT2D eigenvalue weighted by molar-refractivity contribution is 7.89. The molecule has 1 aliphatic rings. The Labute approximate surface area is 192 Å². The Hall–Kier alpha value is -3.30. The summed E-state index contributed by atoms with van der Waals surface area (Å²) in [7, 11) is -3.60. The van der Waals surface area contributed by atoms with Crippen LogP contribution in [-0.2, 0) is 10.0 Å². The summed E-state index contributed by atoms with van der Waals surface area (Å²) in [6.45, 7) is 4.39. The van der Waals surface area contributed by atoms with Gasteiger partial charge in [-0.1, -0.05) is 24.1 Å². The van der Waals surface area contributed by atoms with Gasteiger partial charge in [0.15, 0.2) is 5.69 Å². The minimum atomic E-state index is -3.60. The monoisotopic (exact) mass is 466 g/mol. The number of rotatable bonds is 5. The molecule has 0 radical (unpaired) electrons. The summed E-state index contributed by atoms with van der Waals surface area (Å²) in [6.07, 6.45) is 4.22. The number of aromatic nitrogens is 2. The van der Waals surface area contributed by atoms with Crippen LogP contribution in [0, 0.1) is 6.92 Å². The van der Waals surface area contributed by atoms with Crippen LogP contribution in [0.4, 0.5) is 5.69 Å². The van der Waals surface area contributed by atoms with Gasteiger partial charge in [0.2, 0.25) is 15.5 Å². The van der Waals surface area contributed by atoms with Crippen LogP contribution in [0.3, 0.4) is 0 Å². The molecule has 1 unspecified atom stereocenters. The second kappa shape index (κ2) is 9.29. The summed E-state index contributed by atoms with van der Waals surface area (Å²) in [5, 5.41) is 6.81. The number of nitrogens with one attached hydrogen (secondary N) is 1. The number of nitrogens with zero attached hydrogens (tertiary/aromatic N) is 3. The predicted molar refractivity (Wildman–Crippen MR) is 126 cm³/mol. The molecule has 0 spiro atoms. The minimum Gasteiger partial charge on any atom is -0.320 e. The third kappa shape index (κ3) is 4.89. The molecular formula is C24H26N4O4S. The molecule has 9 heteroatoms. The van der Waals surface area contributed by atoms with Crippen molar-refractivity contribution >= 4 is 21.6 Å². The molecule has 0 bridgehead atoms. The fourth-order valence-corrected chi connectivity index (χ4v) is 5.57. The summed E-state index contributed by atoms with van der Waals surface area (Å²) in [5.74, 6) is -0.665. The van der Waals surface area contributed by atoms with E-state index in [1.54, 1.807) is 0 Å². The van der Waals surface area contributed by atoms with Gasteiger partial charge in [-0.3, -0.25) is 9.59 Å². The number of aryl methyl sites for hydroxylation is 1. The van der Waals surface area contributed by atoms with Crippen molar-refractivity contribution in [2.75, 3.05) is 11.9 Å². The maximum absolute atomic E-state index is 13.0. The van der Waals surface area contributed by atoms with E-state index in [1.807, 2.05) is 38.1 Å². The largest absolute Gasteiger partial charge is 0.320 e. The molecule has 172 valence electrons. The third-order valence-corrected chi connectivity index (χ3v) is 7.81. The number of hydrogen-bond acceptors (Lipinski definition) is 5. The van der Waals surface area contributed by atoms with Crippen molar-refractivity contribution in [3.63, 3.8) is 0 Å². The van der Waals surface area contributed by atoms with E-state index in [-0.39, 0.29) is 16.6 Å². The molecule has 1 aliphatic heterocycles. The highest BCUT2D eigenvalue weighted by atomic mass is 32.2. The highest BCUT2D eigenvalue weighted by Crippen LogP contribution is 2.26. The Balaban J connectivity index is 1.53. The summed E-state index contributed by atoms with van der Waals surface area (Å²) < 4.78 is 28.9. The molecule has 1 atom stereocenters. The van der Waals surface area contributed by atoms with Gasteiger partial charge in [-0.15, -0.1) is 0 Å². The maximum atomic E-state index is 13.0. The van der Waals surface area contributed by atoms with Crippen molar-refractivity contribution in [1.29, 1.82) is 0 Å². The molecule has 1 amide bonds. The zero-order valence-corrected chi connectivity index (χ0v) is 19.4. The molecule has 1 saturated heterocycles. The van der Waals surface area contributed by atoms with Crippen LogP contribution in [0.15, 0.2) is 70.5 Å². The van der Waals surface area contributed by atoms with Gasteiger partial charge in [-0.2, -0.15) is 9.40 Å². The number of hydrogen-bond donors (Lipinski definition) is 1. The first kappa shape index (κ1) is 22.9. The van der Waals surface area contributed by atoms with Gasteiger partial charge in [0, 0.05) is 30.5 Å². The Morgan fingerprint density at radius 3 is 2.39 bits per heavy atom. The molecule has 1 aromatic heterocycles. The van der Waals surface area contributed by atoms with Crippen molar-refractivity contribution in [1.82, 2.24) is 14.1 Å². The minimum absolute atomic E-state index is 0.0389. The van der Waals surface area contributed by atoms with Crippen LogP contribution in [-0.4, -0.2) is 41.0 Å². The Bertz CT molecular complexity index is 1320. The standard InChI is InChI=1S/C24H26N4O4S/c1-17-6-10-20(11-7-17)27-16-14-22(29)23(26-27)24(30)25-19-8-12-21(13-9-19)33(31,32)28-15-4-3-5-18(28)2/h6-14,16,18H,3-5,15H2,1-2H3,(H,25,30). The second-order valence-corrected chi connectivity index (χ2v) is 10.1. The molecule has 1 fully saturated rings. The zero-order valence-electron chi connectivity index (χ0n) is 18.6. The molecule has 0 aliphatic carbocycles. The molecule has 8 nitrogen and oxygen atoms in total. The average molecular weight is 467 g/mol. The Morgan fingerprint density at radius 1 is 1.03 bits per heavy atom. The van der Waals surface area contributed by atoms with Gasteiger partial charge >= 0.3 is 0 Å². The predicted octanol–water partition coefficient (Wildman–Crippen LogP) is 3.36. The second-order valence-electron chi connectivity index (χ2n) is 8.25. The van der Waals surface area contributed by atoms with Crippen molar-refractivity contribution in [2.45, 2.75) is 44.0 Å². The molecule has 2 heterocycles. The van der Waals surface area contributed by atoms with Gasteiger partial charge in [0.05, 0.1) is 10.6 Å². The average Bonchev–Trinajstić information content (AvgIpc) is 2.80. The lowest BCUT2D eigenvalue weighted by atomic mass is 10.1. The Kier molecular flexibility index (Phi) is 6.44. The van der Waals surface area contributed by atoms with Crippen molar-refractivity contribution in [3.8, 4) is 5.69 Å². The first-order chi connectivity index (χ1) is 15.8. The normalized spacial score (nSPS) is 17.0. The van der Waals surface area contributed by atoms with Crippen molar-refractivity contribution < 1.29 is 13.2 Å². The van der Waals surface area contributed by atoms with Gasteiger partial charge in [-0.25, -0.2) is 13.1 Å². The number of piperidine rings is 1. The molecule has 3 aromatic rings. The molecule has 0 saturated carbocycles. The Morgan fingerprint density at radius 2 is 1.73 bits per heavy atom. The van der Waals surface area contributed by atoms with E-state index in [2.05, 4.69) is 10.4 Å². The quantitative estimate of drug-likeness (QED) is 0.621. The summed E-state index contributed by atoms with van der Waals surface area (Å²) in [6, 6.07) is 14.7. The first-order valence-corrected chi connectivity index (χ1v) is 12.3. The molecule has 1 N–H and O–H groups in total. The highest BCUT2D eigenvalue weighted by Gasteiger charge is 2.30. The third-order valence-electron chi connectivity index (χ3n) is 5.78. The summed E-state index contributed by atoms with van der Waals surface area (Å²) in [4.78, 5) is 25.2. The SMILES string of the molecule is Cc1ccc(-n2ccc(=O)c(C(=O)Nc3ccc(S(=O)(=O)N4CCCCC4C)cc3)n2)cc1. The van der Waals surface area contributed by atoms with E-state index in [0.717, 1.165) is 30.5 Å². The van der Waals surface area contributed by atoms with Crippen molar-refractivity contribution in [2.24, 2.45) is 0 Å². The lowest BCUT2D eigenvalue weighted by Gasteiger charge is -2.32. The molecular weight excluding hydrogens is 440 g/mol. The molecule has 2 aromatic carbocycles. The number of sulfonamides is 1. The van der Waals surface area contributed by atoms with Crippen LogP contribution in [0.5, 0.6) is 0 Å². The van der Waals surface area contributed by atoms with E-state index in [1.165, 1.54) is 45.5 Å². The number of carbonyl (C=O) groups excluding carboxylic acids is 1. The van der Waals surface area contributed by atoms with E-state index in [9.17, 15) is 18.0 Å². The van der Waals surface area contributed by atoms with Gasteiger partial charge in [0.1, 0.15) is 0 Å². The van der Waals surface area contributed by atoms with Gasteiger partial charge in [0.25, 0.3) is 5.91 Å². The van der Waals surface area contributed by atoms with Crippen molar-refractivity contribution in [3.05, 3.63) is 82.3 Å². The lowest BCUT2D eigenvalue weighted by Crippen LogP contribution is -2.41. The number of anilines is 1. The van der Waals surface area contributed by atoms with Crippen LogP contribution in [0.1, 0.15) is 42.2 Å². The molecule has 33 heavy (non-hydrogen) atoms. The van der Waals surface area contributed by atoms with Crippen LogP contribution >= 0.6 is 0 Å². The lowest BCUT2D eigenvalue weighted by molar-refractivity contribution is 0.101. The zero-order chi connectivity index (χ0) is 23.6. The smallest absolute Gasteiger partial charge is 0.280 e. The van der Waals surface area contributed by atoms with Gasteiger partial charge in [-0.05, 0) is 63.1 Å². The summed E-state index contributed by atoms with van der Waals surface area (Å²) >= 11 is 0. The molecule has 4 rings (SSSR count).